The van der Waals surface area contributed by atoms with Crippen molar-refractivity contribution in [2.45, 2.75) is 68.5 Å². The lowest BCUT2D eigenvalue weighted by atomic mass is 9.48. The second-order valence-electron chi connectivity index (χ2n) is 12.0. The summed E-state index contributed by atoms with van der Waals surface area (Å²) in [5.74, 6) is 5.92. The normalized spacial score (nSPS) is 27.1. The third-order valence-electron chi connectivity index (χ3n) is 9.84. The van der Waals surface area contributed by atoms with Crippen LogP contribution in [0.1, 0.15) is 53.5 Å². The van der Waals surface area contributed by atoms with Crippen molar-refractivity contribution < 1.29 is 15.0 Å². The first-order chi connectivity index (χ1) is 19.3. The van der Waals surface area contributed by atoms with Gasteiger partial charge in [-0.2, -0.15) is 0 Å². The van der Waals surface area contributed by atoms with Crippen molar-refractivity contribution in [3.8, 4) is 17.6 Å². The van der Waals surface area contributed by atoms with Crippen LogP contribution >= 0.6 is 0 Å². The van der Waals surface area contributed by atoms with E-state index in [2.05, 4.69) is 41.0 Å². The first-order valence-corrected chi connectivity index (χ1v) is 14.5. The molecule has 1 heterocycles. The van der Waals surface area contributed by atoms with Gasteiger partial charge < -0.3 is 15.1 Å². The van der Waals surface area contributed by atoms with Gasteiger partial charge in [-0.25, -0.2) is 0 Å². The van der Waals surface area contributed by atoms with Gasteiger partial charge >= 0.3 is 0 Å². The highest BCUT2D eigenvalue weighted by atomic mass is 16.3. The fourth-order valence-electron chi connectivity index (χ4n) is 7.69. The van der Waals surface area contributed by atoms with E-state index in [-0.39, 0.29) is 23.7 Å². The summed E-state index contributed by atoms with van der Waals surface area (Å²) in [5.41, 5.74) is 4.08. The summed E-state index contributed by atoms with van der Waals surface area (Å²) in [5, 5.41) is 23.1. The number of aromatic hydroxyl groups is 1. The van der Waals surface area contributed by atoms with Gasteiger partial charge in [0.15, 0.2) is 0 Å². The first-order valence-electron chi connectivity index (χ1n) is 14.5. The van der Waals surface area contributed by atoms with E-state index in [1.807, 2.05) is 56.4 Å². The number of carbonyl (C=O) groups excluding carboxylic acids is 1. The maximum atomic E-state index is 13.2. The molecule has 40 heavy (non-hydrogen) atoms. The zero-order chi connectivity index (χ0) is 27.9. The number of aliphatic hydroxyl groups is 1. The average molecular weight is 535 g/mol. The largest absolute Gasteiger partial charge is 0.508 e. The number of benzene rings is 3. The van der Waals surface area contributed by atoms with Crippen LogP contribution < -0.4 is 0 Å². The molecule has 0 radical (unpaired) electrons. The highest BCUT2D eigenvalue weighted by Crippen LogP contribution is 2.59. The number of hydrogen-bond acceptors (Lipinski definition) is 4. The molecule has 2 fully saturated rings. The summed E-state index contributed by atoms with van der Waals surface area (Å²) >= 11 is 0. The lowest BCUT2D eigenvalue weighted by Gasteiger charge is -2.65. The lowest BCUT2D eigenvalue weighted by molar-refractivity contribution is -0.176. The summed E-state index contributed by atoms with van der Waals surface area (Å²) in [6.45, 7) is 3.80. The lowest BCUT2D eigenvalue weighted by Crippen LogP contribution is -2.74. The molecule has 1 amide bonds. The molecule has 6 rings (SSSR count). The minimum Gasteiger partial charge on any atom is -0.508 e. The Labute approximate surface area is 237 Å². The second kappa shape index (κ2) is 10.4. The van der Waals surface area contributed by atoms with Crippen LogP contribution in [-0.4, -0.2) is 63.7 Å². The third-order valence-corrected chi connectivity index (χ3v) is 9.84. The Morgan fingerprint density at radius 2 is 1.90 bits per heavy atom. The van der Waals surface area contributed by atoms with Crippen molar-refractivity contribution in [3.63, 3.8) is 0 Å². The minimum atomic E-state index is -0.920. The van der Waals surface area contributed by atoms with Crippen molar-refractivity contribution in [2.75, 3.05) is 20.1 Å². The van der Waals surface area contributed by atoms with Gasteiger partial charge in [-0.1, -0.05) is 54.5 Å². The number of nitrogens with zero attached hydrogens (tertiary/aromatic N) is 2. The smallest absolute Gasteiger partial charge is 0.298 e. The van der Waals surface area contributed by atoms with E-state index >= 15 is 0 Å². The molecular formula is C35H38N2O3. The number of rotatable bonds is 4. The third kappa shape index (κ3) is 4.60. The molecule has 4 atom stereocenters. The summed E-state index contributed by atoms with van der Waals surface area (Å²) in [4.78, 5) is 17.5. The molecule has 2 bridgehead atoms. The van der Waals surface area contributed by atoms with Gasteiger partial charge in [0, 0.05) is 42.6 Å². The molecule has 206 valence electrons. The molecule has 0 aromatic heterocycles. The number of likely N-dealkylation sites (tertiary alicyclic amines) is 1. The fourth-order valence-corrected chi connectivity index (χ4v) is 7.69. The SMILES string of the molecule is Cc1cccc(C#CC(=O)N(C)[C@H]2CC[C@@]3(O)[C@H]4Cc5ccc(O)cc5[C@@]3(CCN4CCc3ccccc3)C2)c1. The molecule has 2 N–H and O–H groups in total. The van der Waals surface area contributed by atoms with Gasteiger partial charge in [-0.05, 0) is 98.5 Å². The van der Waals surface area contributed by atoms with E-state index in [4.69, 9.17) is 0 Å². The Morgan fingerprint density at radius 1 is 1.07 bits per heavy atom. The first kappa shape index (κ1) is 26.6. The highest BCUT2D eigenvalue weighted by molar-refractivity contribution is 5.94. The topological polar surface area (TPSA) is 64.0 Å². The molecule has 2 aliphatic carbocycles. The number of aryl methyl sites for hydroxylation is 1. The molecule has 5 nitrogen and oxygen atoms in total. The van der Waals surface area contributed by atoms with Gasteiger partial charge in [-0.15, -0.1) is 0 Å². The number of phenolic OH excluding ortho intramolecular Hbond substituents is 1. The van der Waals surface area contributed by atoms with Crippen LogP contribution in [0.3, 0.4) is 0 Å². The Balaban J connectivity index is 1.28. The maximum Gasteiger partial charge on any atom is 0.298 e. The molecule has 0 spiro atoms. The van der Waals surface area contributed by atoms with Gasteiger partial charge in [0.1, 0.15) is 5.75 Å². The Kier molecular flexibility index (Phi) is 6.94. The van der Waals surface area contributed by atoms with Crippen LogP contribution in [0.4, 0.5) is 0 Å². The summed E-state index contributed by atoms with van der Waals surface area (Å²) in [7, 11) is 1.84. The van der Waals surface area contributed by atoms with Gasteiger partial charge in [0.2, 0.25) is 0 Å². The van der Waals surface area contributed by atoms with Crippen LogP contribution in [0.25, 0.3) is 0 Å². The number of fused-ring (bicyclic) bond motifs is 1. The molecule has 3 aromatic carbocycles. The van der Waals surface area contributed by atoms with Gasteiger partial charge in [0.25, 0.3) is 5.91 Å². The highest BCUT2D eigenvalue weighted by Gasteiger charge is 2.64. The van der Waals surface area contributed by atoms with Crippen LogP contribution in [0.5, 0.6) is 5.75 Å². The molecule has 1 aliphatic heterocycles. The quantitative estimate of drug-likeness (QED) is 0.480. The number of piperidine rings is 1. The predicted molar refractivity (Wildman–Crippen MR) is 157 cm³/mol. The van der Waals surface area contributed by atoms with E-state index in [0.717, 1.165) is 55.5 Å². The minimum absolute atomic E-state index is 0.00470. The zero-order valence-corrected chi connectivity index (χ0v) is 23.4. The summed E-state index contributed by atoms with van der Waals surface area (Å²) in [6.07, 6.45) is 4.51. The predicted octanol–water partition coefficient (Wildman–Crippen LogP) is 4.61. The second-order valence-corrected chi connectivity index (χ2v) is 12.0. The number of hydrogen-bond donors (Lipinski definition) is 2. The van der Waals surface area contributed by atoms with Crippen LogP contribution in [0, 0.1) is 18.8 Å². The molecule has 1 saturated heterocycles. The summed E-state index contributed by atoms with van der Waals surface area (Å²) < 4.78 is 0. The Morgan fingerprint density at radius 3 is 2.70 bits per heavy atom. The summed E-state index contributed by atoms with van der Waals surface area (Å²) in [6, 6.07) is 24.1. The molecule has 3 aromatic rings. The van der Waals surface area contributed by atoms with E-state index in [1.165, 1.54) is 11.1 Å². The number of amides is 1. The van der Waals surface area contributed by atoms with Crippen LogP contribution in [0.15, 0.2) is 72.8 Å². The van der Waals surface area contributed by atoms with Crippen LogP contribution in [-0.2, 0) is 23.1 Å². The molecular weight excluding hydrogens is 496 g/mol. The standard InChI is InChI=1S/C35H38N2O3/c1-25-7-6-10-27(21-25)11-14-33(39)36(2)29-15-17-35(40)32-22-28-12-13-30(38)23-31(28)34(35,24-29)18-20-37(32)19-16-26-8-4-3-5-9-26/h3-10,12-13,21,23,29,32,38,40H,15-20,22,24H2,1-2H3/t29-,32+,34+,35+/m0/s1. The number of carbonyl (C=O) groups is 1. The average Bonchev–Trinajstić information content (AvgIpc) is 2.96. The Hall–Kier alpha value is -3.59. The van der Waals surface area contributed by atoms with Crippen molar-refractivity contribution in [2.24, 2.45) is 0 Å². The van der Waals surface area contributed by atoms with Crippen LogP contribution in [0.2, 0.25) is 0 Å². The molecule has 5 heteroatoms. The molecule has 3 aliphatic rings. The van der Waals surface area contributed by atoms with E-state index in [1.54, 1.807) is 11.0 Å². The van der Waals surface area contributed by atoms with Crippen molar-refractivity contribution >= 4 is 5.91 Å². The van der Waals surface area contributed by atoms with Gasteiger partial charge in [0.05, 0.1) is 5.60 Å². The fraction of sp³-hybridized carbons (Fsp3) is 0.400. The monoisotopic (exact) mass is 534 g/mol. The Bertz CT molecular complexity index is 1470. The zero-order valence-electron chi connectivity index (χ0n) is 23.4. The number of phenols is 1. The van der Waals surface area contributed by atoms with Crippen molar-refractivity contribution in [1.29, 1.82) is 0 Å². The maximum absolute atomic E-state index is 13.2. The van der Waals surface area contributed by atoms with Gasteiger partial charge in [-0.3, -0.25) is 9.69 Å². The van der Waals surface area contributed by atoms with E-state index in [0.29, 0.717) is 12.8 Å². The van der Waals surface area contributed by atoms with E-state index in [9.17, 15) is 15.0 Å². The van der Waals surface area contributed by atoms with Crippen molar-refractivity contribution in [1.82, 2.24) is 9.80 Å². The molecule has 0 unspecified atom stereocenters. The van der Waals surface area contributed by atoms with E-state index < -0.39 is 11.0 Å². The molecule has 1 saturated carbocycles. The van der Waals surface area contributed by atoms with Crippen molar-refractivity contribution in [3.05, 3.63) is 101 Å².